The van der Waals surface area contributed by atoms with Crippen molar-refractivity contribution in [2.45, 2.75) is 20.8 Å². The van der Waals surface area contributed by atoms with Gasteiger partial charge < -0.3 is 10.2 Å². The van der Waals surface area contributed by atoms with E-state index >= 15 is 0 Å². The minimum absolute atomic E-state index is 0. The maximum Gasteiger partial charge on any atom is 0.238 e. The summed E-state index contributed by atoms with van der Waals surface area (Å²) in [6, 6.07) is 5.53. The number of benzene rings is 1. The summed E-state index contributed by atoms with van der Waals surface area (Å²) in [6.45, 7) is 10.5. The first-order valence-corrected chi connectivity index (χ1v) is 7.81. The molecule has 0 bridgehead atoms. The van der Waals surface area contributed by atoms with Crippen molar-refractivity contribution in [1.82, 2.24) is 9.80 Å². The van der Waals surface area contributed by atoms with Gasteiger partial charge in [-0.05, 0) is 44.8 Å². The molecule has 0 fully saturated rings. The average Bonchev–Trinajstić information content (AvgIpc) is 2.45. The Morgan fingerprint density at radius 2 is 1.86 bits per heavy atom. The number of rotatable bonds is 8. The molecule has 0 radical (unpaired) electrons. The molecule has 0 aromatic heterocycles. The Hall–Kier alpha value is -0.810. The third-order valence-electron chi connectivity index (χ3n) is 3.65. The van der Waals surface area contributed by atoms with Crippen molar-refractivity contribution < 1.29 is 4.79 Å². The highest BCUT2D eigenvalue weighted by molar-refractivity contribution is 6.31. The number of hydrogen-bond donors (Lipinski definition) is 1. The summed E-state index contributed by atoms with van der Waals surface area (Å²) in [6.07, 6.45) is 0. The molecule has 4 nitrogen and oxygen atoms in total. The van der Waals surface area contributed by atoms with E-state index in [0.29, 0.717) is 11.6 Å². The van der Waals surface area contributed by atoms with Crippen LogP contribution in [0.3, 0.4) is 0 Å². The molecule has 1 N–H and O–H groups in total. The molecule has 6 heteroatoms. The van der Waals surface area contributed by atoms with E-state index in [4.69, 9.17) is 11.6 Å². The highest BCUT2D eigenvalue weighted by atomic mass is 35.5. The van der Waals surface area contributed by atoms with E-state index < -0.39 is 0 Å². The average molecular weight is 348 g/mol. The number of anilines is 1. The van der Waals surface area contributed by atoms with Crippen LogP contribution in [0, 0.1) is 6.92 Å². The largest absolute Gasteiger partial charge is 0.325 e. The second kappa shape index (κ2) is 10.8. The standard InChI is InChI=1S/C16H26ClN3O.ClH/c1-5-20(6-2)11-10-19(4)12-16(21)18-15-9-7-8-14(17)13(15)3;/h7-9H,5-6,10-12H2,1-4H3,(H,18,21);1H. The molecule has 0 unspecified atom stereocenters. The van der Waals surface area contributed by atoms with Crippen molar-refractivity contribution in [2.24, 2.45) is 0 Å². The van der Waals surface area contributed by atoms with E-state index in [1.54, 1.807) is 0 Å². The predicted octanol–water partition coefficient (Wildman–Crippen LogP) is 3.28. The SMILES string of the molecule is CCN(CC)CCN(C)CC(=O)Nc1cccc(Cl)c1C.Cl. The summed E-state index contributed by atoms with van der Waals surface area (Å²) in [5.41, 5.74) is 1.68. The van der Waals surface area contributed by atoms with E-state index in [9.17, 15) is 4.79 Å². The molecule has 1 amide bonds. The number of hydrogen-bond acceptors (Lipinski definition) is 3. The summed E-state index contributed by atoms with van der Waals surface area (Å²) < 4.78 is 0. The summed E-state index contributed by atoms with van der Waals surface area (Å²) in [7, 11) is 1.97. The highest BCUT2D eigenvalue weighted by Gasteiger charge is 2.10. The lowest BCUT2D eigenvalue weighted by Gasteiger charge is -2.22. The first-order chi connectivity index (χ1) is 9.97. The van der Waals surface area contributed by atoms with Crippen LogP contribution in [0.2, 0.25) is 5.02 Å². The van der Waals surface area contributed by atoms with Crippen molar-refractivity contribution in [2.75, 3.05) is 45.1 Å². The Kier molecular flexibility index (Phi) is 10.4. The Bertz CT molecular complexity index is 465. The molecule has 0 aliphatic rings. The second-order valence-corrected chi connectivity index (χ2v) is 5.63. The molecular formula is C16H27Cl2N3O. The molecule has 126 valence electrons. The fourth-order valence-corrected chi connectivity index (χ4v) is 2.28. The smallest absolute Gasteiger partial charge is 0.238 e. The van der Waals surface area contributed by atoms with E-state index in [1.807, 2.05) is 37.1 Å². The molecule has 0 spiro atoms. The van der Waals surface area contributed by atoms with Crippen LogP contribution in [-0.2, 0) is 4.79 Å². The zero-order chi connectivity index (χ0) is 15.8. The van der Waals surface area contributed by atoms with Crippen molar-refractivity contribution in [1.29, 1.82) is 0 Å². The highest BCUT2D eigenvalue weighted by Crippen LogP contribution is 2.22. The summed E-state index contributed by atoms with van der Waals surface area (Å²) in [4.78, 5) is 16.4. The van der Waals surface area contributed by atoms with Gasteiger partial charge in [0.2, 0.25) is 5.91 Å². The number of amides is 1. The van der Waals surface area contributed by atoms with Gasteiger partial charge in [0.15, 0.2) is 0 Å². The Balaban J connectivity index is 0.00000441. The number of nitrogens with one attached hydrogen (secondary N) is 1. The molecule has 0 saturated carbocycles. The summed E-state index contributed by atoms with van der Waals surface area (Å²) in [5.74, 6) is -0.0117. The van der Waals surface area contributed by atoms with Gasteiger partial charge in [-0.25, -0.2) is 0 Å². The fraction of sp³-hybridized carbons (Fsp3) is 0.562. The topological polar surface area (TPSA) is 35.6 Å². The monoisotopic (exact) mass is 347 g/mol. The quantitative estimate of drug-likeness (QED) is 0.783. The molecule has 0 saturated heterocycles. The van der Waals surface area contributed by atoms with Gasteiger partial charge >= 0.3 is 0 Å². The van der Waals surface area contributed by atoms with Gasteiger partial charge in [-0.1, -0.05) is 31.5 Å². The molecule has 22 heavy (non-hydrogen) atoms. The maximum absolute atomic E-state index is 12.1. The van der Waals surface area contributed by atoms with Crippen LogP contribution in [0.15, 0.2) is 18.2 Å². The lowest BCUT2D eigenvalue weighted by atomic mass is 10.2. The van der Waals surface area contributed by atoms with E-state index in [0.717, 1.165) is 37.4 Å². The van der Waals surface area contributed by atoms with Gasteiger partial charge in [0.25, 0.3) is 0 Å². The van der Waals surface area contributed by atoms with Crippen LogP contribution in [0.4, 0.5) is 5.69 Å². The number of likely N-dealkylation sites (N-methyl/N-ethyl adjacent to an activating group) is 2. The molecule has 1 rings (SSSR count). The summed E-state index contributed by atoms with van der Waals surface area (Å²) >= 11 is 6.05. The molecule has 0 aliphatic carbocycles. The molecule has 0 aliphatic heterocycles. The van der Waals surface area contributed by atoms with Gasteiger partial charge in [-0.15, -0.1) is 12.4 Å². The zero-order valence-electron chi connectivity index (χ0n) is 13.9. The van der Waals surface area contributed by atoms with E-state index in [2.05, 4.69) is 24.1 Å². The number of nitrogens with zero attached hydrogens (tertiary/aromatic N) is 2. The summed E-state index contributed by atoms with van der Waals surface area (Å²) in [5, 5.41) is 3.59. The third kappa shape index (κ3) is 6.97. The Morgan fingerprint density at radius 1 is 1.23 bits per heavy atom. The van der Waals surface area contributed by atoms with Gasteiger partial charge in [0.1, 0.15) is 0 Å². The zero-order valence-corrected chi connectivity index (χ0v) is 15.4. The molecule has 0 atom stereocenters. The van der Waals surface area contributed by atoms with Crippen LogP contribution < -0.4 is 5.32 Å². The molecule has 1 aromatic carbocycles. The maximum atomic E-state index is 12.1. The molecule has 0 heterocycles. The van der Waals surface area contributed by atoms with E-state index in [-0.39, 0.29) is 18.3 Å². The fourth-order valence-electron chi connectivity index (χ4n) is 2.11. The molecular weight excluding hydrogens is 321 g/mol. The van der Waals surface area contributed by atoms with Crippen molar-refractivity contribution in [3.63, 3.8) is 0 Å². The normalized spacial score (nSPS) is 10.7. The lowest BCUT2D eigenvalue weighted by Crippen LogP contribution is -2.37. The van der Waals surface area contributed by atoms with Crippen LogP contribution >= 0.6 is 24.0 Å². The van der Waals surface area contributed by atoms with Crippen molar-refractivity contribution >= 4 is 35.6 Å². The van der Waals surface area contributed by atoms with Crippen LogP contribution in [0.1, 0.15) is 19.4 Å². The first kappa shape index (κ1) is 21.2. The van der Waals surface area contributed by atoms with Crippen molar-refractivity contribution in [3.05, 3.63) is 28.8 Å². The predicted molar refractivity (Wildman–Crippen MR) is 97.4 cm³/mol. The minimum atomic E-state index is -0.0117. The molecule has 1 aromatic rings. The third-order valence-corrected chi connectivity index (χ3v) is 4.06. The van der Waals surface area contributed by atoms with Crippen molar-refractivity contribution in [3.8, 4) is 0 Å². The second-order valence-electron chi connectivity index (χ2n) is 5.23. The number of halogens is 2. The van der Waals surface area contributed by atoms with Gasteiger partial charge in [0, 0.05) is 23.8 Å². The Morgan fingerprint density at radius 3 is 2.45 bits per heavy atom. The van der Waals surface area contributed by atoms with Gasteiger partial charge in [-0.3, -0.25) is 9.69 Å². The van der Waals surface area contributed by atoms with Gasteiger partial charge in [0.05, 0.1) is 6.54 Å². The lowest BCUT2D eigenvalue weighted by molar-refractivity contribution is -0.117. The minimum Gasteiger partial charge on any atom is -0.325 e. The van der Waals surface area contributed by atoms with Crippen LogP contribution in [-0.4, -0.2) is 55.5 Å². The van der Waals surface area contributed by atoms with Crippen LogP contribution in [0.25, 0.3) is 0 Å². The number of carbonyl (C=O) groups excluding carboxylic acids is 1. The first-order valence-electron chi connectivity index (χ1n) is 7.43. The number of carbonyl (C=O) groups is 1. The Labute approximate surface area is 145 Å². The van der Waals surface area contributed by atoms with Gasteiger partial charge in [-0.2, -0.15) is 0 Å². The van der Waals surface area contributed by atoms with E-state index in [1.165, 1.54) is 0 Å². The van der Waals surface area contributed by atoms with Crippen LogP contribution in [0.5, 0.6) is 0 Å².